The Kier molecular flexibility index (Phi) is 9.37. The Balaban J connectivity index is 1.24. The van der Waals surface area contributed by atoms with E-state index in [1.165, 1.54) is 18.1 Å². The second kappa shape index (κ2) is 12.7. The Morgan fingerprint density at radius 1 is 0.976 bits per heavy atom. The monoisotopic (exact) mass is 596 g/mol. The molecule has 5 rings (SSSR count). The normalized spacial score (nSPS) is 24.0. The van der Waals surface area contributed by atoms with Crippen LogP contribution in [0.2, 0.25) is 0 Å². The van der Waals surface area contributed by atoms with Gasteiger partial charge in [0.15, 0.2) is 0 Å². The van der Waals surface area contributed by atoms with Crippen molar-refractivity contribution in [2.24, 2.45) is 5.92 Å². The molecule has 0 bridgehead atoms. The number of amides is 1. The molecule has 3 fully saturated rings. The highest BCUT2D eigenvalue weighted by Gasteiger charge is 2.43. The summed E-state index contributed by atoms with van der Waals surface area (Å²) in [5.41, 5.74) is 3.55. The molecule has 0 aliphatic carbocycles. The SMILES string of the molecule is Cc1ncnc(C)c1C(=O)N1CCC(C)(N2CCN([C@@H](Cc3ccccc3)C3CCN(S(C)(=O)=O)CC3)[C@@H](C)C2)CC1. The van der Waals surface area contributed by atoms with Crippen LogP contribution in [0.3, 0.4) is 0 Å². The maximum absolute atomic E-state index is 13.4. The average molecular weight is 597 g/mol. The van der Waals surface area contributed by atoms with E-state index in [1.807, 2.05) is 18.7 Å². The number of piperidine rings is 2. The largest absolute Gasteiger partial charge is 0.338 e. The summed E-state index contributed by atoms with van der Waals surface area (Å²) in [5, 5.41) is 0. The predicted molar refractivity (Wildman–Crippen MR) is 166 cm³/mol. The van der Waals surface area contributed by atoms with Crippen LogP contribution in [0.4, 0.5) is 0 Å². The molecule has 3 aliphatic rings. The van der Waals surface area contributed by atoms with Crippen LogP contribution >= 0.6 is 0 Å². The first-order valence-corrected chi connectivity index (χ1v) is 17.4. The van der Waals surface area contributed by atoms with Crippen LogP contribution in [0.1, 0.15) is 66.8 Å². The zero-order valence-corrected chi connectivity index (χ0v) is 26.8. The van der Waals surface area contributed by atoms with Gasteiger partial charge in [0.25, 0.3) is 5.91 Å². The van der Waals surface area contributed by atoms with Gasteiger partial charge in [0, 0.05) is 63.4 Å². The van der Waals surface area contributed by atoms with Crippen LogP contribution < -0.4 is 0 Å². The molecule has 0 radical (unpaired) electrons. The summed E-state index contributed by atoms with van der Waals surface area (Å²) in [6.07, 6.45) is 7.57. The molecule has 230 valence electrons. The molecule has 2 atom stereocenters. The van der Waals surface area contributed by atoms with E-state index in [2.05, 4.69) is 63.9 Å². The fraction of sp³-hybridized carbons (Fsp3) is 0.656. The summed E-state index contributed by atoms with van der Waals surface area (Å²) in [6.45, 7) is 14.2. The smallest absolute Gasteiger partial charge is 0.257 e. The average Bonchev–Trinajstić information content (AvgIpc) is 2.96. The quantitative estimate of drug-likeness (QED) is 0.484. The number of nitrogens with zero attached hydrogens (tertiary/aromatic N) is 6. The van der Waals surface area contributed by atoms with Gasteiger partial charge in [0.1, 0.15) is 6.33 Å². The Morgan fingerprint density at radius 3 is 2.17 bits per heavy atom. The molecule has 0 N–H and O–H groups in total. The van der Waals surface area contributed by atoms with Crippen molar-refractivity contribution in [2.75, 3.05) is 52.1 Å². The summed E-state index contributed by atoms with van der Waals surface area (Å²) in [6, 6.07) is 11.5. The molecular weight excluding hydrogens is 548 g/mol. The van der Waals surface area contributed by atoms with Crippen molar-refractivity contribution < 1.29 is 13.2 Å². The standard InChI is InChI=1S/C32H48N6O3S/c1-24-22-36(32(4)13-17-35(18-14-32)31(39)30-25(2)33-23-34-26(30)3)19-20-38(24)29(21-27-9-7-6-8-10-27)28-11-15-37(16-12-28)42(5,40)41/h6-10,23-24,28-29H,11-22H2,1-5H3/t24-,29-/m0/s1. The van der Waals surface area contributed by atoms with Gasteiger partial charge in [0.2, 0.25) is 10.0 Å². The lowest BCUT2D eigenvalue weighted by Gasteiger charge is -2.54. The van der Waals surface area contributed by atoms with Crippen LogP contribution in [0.25, 0.3) is 0 Å². The molecule has 3 saturated heterocycles. The summed E-state index contributed by atoms with van der Waals surface area (Å²) >= 11 is 0. The number of carbonyl (C=O) groups is 1. The minimum absolute atomic E-state index is 0.0523. The van der Waals surface area contributed by atoms with Crippen LogP contribution in [-0.4, -0.2) is 113 Å². The maximum atomic E-state index is 13.4. The summed E-state index contributed by atoms with van der Waals surface area (Å²) in [7, 11) is -3.14. The zero-order chi connectivity index (χ0) is 30.1. The Labute approximate surface area is 252 Å². The van der Waals surface area contributed by atoms with Crippen molar-refractivity contribution in [2.45, 2.75) is 77.4 Å². The first kappa shape index (κ1) is 31.0. The summed E-state index contributed by atoms with van der Waals surface area (Å²) < 4.78 is 26.0. The van der Waals surface area contributed by atoms with Crippen LogP contribution in [0, 0.1) is 19.8 Å². The lowest BCUT2D eigenvalue weighted by atomic mass is 9.83. The zero-order valence-electron chi connectivity index (χ0n) is 26.0. The molecule has 42 heavy (non-hydrogen) atoms. The molecule has 3 aliphatic heterocycles. The number of hydrogen-bond acceptors (Lipinski definition) is 7. The van der Waals surface area contributed by atoms with E-state index in [0.717, 1.165) is 76.2 Å². The Morgan fingerprint density at radius 2 is 1.60 bits per heavy atom. The first-order chi connectivity index (χ1) is 20.0. The molecular formula is C32H48N6O3S. The van der Waals surface area contributed by atoms with E-state index in [-0.39, 0.29) is 11.4 Å². The topological polar surface area (TPSA) is 90.0 Å². The van der Waals surface area contributed by atoms with E-state index >= 15 is 0 Å². The number of benzene rings is 1. The van der Waals surface area contributed by atoms with E-state index < -0.39 is 10.0 Å². The Bertz CT molecular complexity index is 1320. The number of rotatable bonds is 7. The highest BCUT2D eigenvalue weighted by Crippen LogP contribution is 2.35. The molecule has 1 amide bonds. The fourth-order valence-corrected chi connectivity index (χ4v) is 8.40. The van der Waals surface area contributed by atoms with Crippen LogP contribution in [-0.2, 0) is 16.4 Å². The van der Waals surface area contributed by atoms with E-state index in [1.54, 1.807) is 4.31 Å². The van der Waals surface area contributed by atoms with Crippen molar-refractivity contribution in [1.82, 2.24) is 29.0 Å². The van der Waals surface area contributed by atoms with Crippen molar-refractivity contribution >= 4 is 15.9 Å². The first-order valence-electron chi connectivity index (χ1n) is 15.5. The minimum atomic E-state index is -3.14. The second-order valence-electron chi connectivity index (χ2n) is 13.0. The number of likely N-dealkylation sites (tertiary alicyclic amines) is 1. The number of sulfonamides is 1. The number of hydrogen-bond donors (Lipinski definition) is 0. The highest BCUT2D eigenvalue weighted by molar-refractivity contribution is 7.88. The van der Waals surface area contributed by atoms with E-state index in [9.17, 15) is 13.2 Å². The molecule has 0 unspecified atom stereocenters. The third-order valence-corrected chi connectivity index (χ3v) is 11.5. The second-order valence-corrected chi connectivity index (χ2v) is 15.0. The molecule has 1 aromatic carbocycles. The highest BCUT2D eigenvalue weighted by atomic mass is 32.2. The van der Waals surface area contributed by atoms with Gasteiger partial charge >= 0.3 is 0 Å². The number of carbonyl (C=O) groups excluding carboxylic acids is 1. The lowest BCUT2D eigenvalue weighted by Crippen LogP contribution is -2.64. The number of aromatic nitrogens is 2. The fourth-order valence-electron chi connectivity index (χ4n) is 7.53. The number of piperazine rings is 1. The molecule has 10 heteroatoms. The van der Waals surface area contributed by atoms with Crippen molar-refractivity contribution in [1.29, 1.82) is 0 Å². The Hall–Kier alpha value is -2.40. The third-order valence-electron chi connectivity index (χ3n) is 10.2. The van der Waals surface area contributed by atoms with Crippen LogP contribution in [0.5, 0.6) is 0 Å². The van der Waals surface area contributed by atoms with Gasteiger partial charge < -0.3 is 4.90 Å². The van der Waals surface area contributed by atoms with E-state index in [4.69, 9.17) is 0 Å². The number of aryl methyl sites for hydroxylation is 2. The van der Waals surface area contributed by atoms with Gasteiger partial charge in [-0.2, -0.15) is 0 Å². The van der Waals surface area contributed by atoms with Gasteiger partial charge in [-0.25, -0.2) is 22.7 Å². The van der Waals surface area contributed by atoms with Gasteiger partial charge in [-0.05, 0) is 71.3 Å². The van der Waals surface area contributed by atoms with Gasteiger partial charge in [-0.15, -0.1) is 0 Å². The molecule has 9 nitrogen and oxygen atoms in total. The summed E-state index contributed by atoms with van der Waals surface area (Å²) in [5.74, 6) is 0.521. The maximum Gasteiger partial charge on any atom is 0.257 e. The molecule has 0 saturated carbocycles. The van der Waals surface area contributed by atoms with Crippen LogP contribution in [0.15, 0.2) is 36.7 Å². The lowest BCUT2D eigenvalue weighted by molar-refractivity contribution is -0.0412. The molecule has 2 aromatic rings. The van der Waals surface area contributed by atoms with Crippen molar-refractivity contribution in [3.8, 4) is 0 Å². The van der Waals surface area contributed by atoms with Crippen molar-refractivity contribution in [3.63, 3.8) is 0 Å². The molecule has 1 aromatic heterocycles. The predicted octanol–water partition coefficient (Wildman–Crippen LogP) is 3.38. The summed E-state index contributed by atoms with van der Waals surface area (Å²) in [4.78, 5) is 29.3. The van der Waals surface area contributed by atoms with Gasteiger partial charge in [-0.1, -0.05) is 30.3 Å². The molecule has 0 spiro atoms. The van der Waals surface area contributed by atoms with Gasteiger partial charge in [-0.3, -0.25) is 14.6 Å². The molecule has 4 heterocycles. The third kappa shape index (κ3) is 6.72. The minimum Gasteiger partial charge on any atom is -0.338 e. The van der Waals surface area contributed by atoms with E-state index in [0.29, 0.717) is 36.7 Å². The van der Waals surface area contributed by atoms with Gasteiger partial charge in [0.05, 0.1) is 23.2 Å². The van der Waals surface area contributed by atoms with Crippen molar-refractivity contribution in [3.05, 3.63) is 59.2 Å².